The van der Waals surface area contributed by atoms with E-state index in [4.69, 9.17) is 5.11 Å². The van der Waals surface area contributed by atoms with Crippen LogP contribution >= 0.6 is 0 Å². The molecule has 0 rings (SSSR count). The number of carbonyl (C=O) groups is 2. The fourth-order valence-electron chi connectivity index (χ4n) is 1.06. The van der Waals surface area contributed by atoms with Gasteiger partial charge in [0.2, 0.25) is 5.91 Å². The van der Waals surface area contributed by atoms with Crippen LogP contribution in [0.25, 0.3) is 0 Å². The summed E-state index contributed by atoms with van der Waals surface area (Å²) in [5.41, 5.74) is 0. The lowest BCUT2D eigenvalue weighted by atomic mass is 10.2. The first-order valence-corrected chi connectivity index (χ1v) is 4.73. The van der Waals surface area contributed by atoms with E-state index in [1.807, 2.05) is 13.8 Å². The topological polar surface area (TPSA) is 78.4 Å². The summed E-state index contributed by atoms with van der Waals surface area (Å²) in [4.78, 5) is 21.6. The normalized spacial score (nSPS) is 14.5. The first kappa shape index (κ1) is 12.9. The van der Waals surface area contributed by atoms with Gasteiger partial charge in [-0.05, 0) is 20.4 Å². The smallest absolute Gasteiger partial charge is 0.325 e. The number of rotatable bonds is 6. The molecule has 0 radical (unpaired) electrons. The molecule has 2 atom stereocenters. The Kier molecular flexibility index (Phi) is 5.87. The Bertz CT molecular complexity index is 206. The van der Waals surface area contributed by atoms with Crippen molar-refractivity contribution in [3.8, 4) is 0 Å². The molecule has 0 saturated heterocycles. The van der Waals surface area contributed by atoms with Crippen LogP contribution in [0.3, 0.4) is 0 Å². The van der Waals surface area contributed by atoms with E-state index in [1.54, 1.807) is 0 Å². The molecule has 0 aromatic heterocycles. The second-order valence-electron chi connectivity index (χ2n) is 3.29. The highest BCUT2D eigenvalue weighted by Crippen LogP contribution is 1.91. The molecule has 1 amide bonds. The highest BCUT2D eigenvalue weighted by molar-refractivity contribution is 5.83. The third kappa shape index (κ3) is 5.53. The van der Waals surface area contributed by atoms with Crippen molar-refractivity contribution in [2.75, 3.05) is 6.54 Å². The number of carbonyl (C=O) groups excluding carboxylic acids is 1. The average molecular weight is 202 g/mol. The Labute approximate surface area is 83.9 Å². The molecule has 3 N–H and O–H groups in total. The van der Waals surface area contributed by atoms with Crippen LogP contribution in [0.15, 0.2) is 0 Å². The molecule has 0 aromatic rings. The van der Waals surface area contributed by atoms with Crippen LogP contribution < -0.4 is 10.6 Å². The van der Waals surface area contributed by atoms with Crippen LogP contribution in [0.1, 0.15) is 27.2 Å². The van der Waals surface area contributed by atoms with E-state index < -0.39 is 12.0 Å². The van der Waals surface area contributed by atoms with Crippen molar-refractivity contribution in [3.63, 3.8) is 0 Å². The summed E-state index contributed by atoms with van der Waals surface area (Å²) in [7, 11) is 0. The minimum Gasteiger partial charge on any atom is -0.480 e. The zero-order valence-electron chi connectivity index (χ0n) is 8.83. The maximum absolute atomic E-state index is 11.2. The van der Waals surface area contributed by atoms with E-state index in [1.165, 1.54) is 6.92 Å². The largest absolute Gasteiger partial charge is 0.480 e. The number of hydrogen-bond acceptors (Lipinski definition) is 3. The average Bonchev–Trinajstić information content (AvgIpc) is 2.03. The van der Waals surface area contributed by atoms with Gasteiger partial charge in [0.15, 0.2) is 0 Å². The minimum atomic E-state index is -1.02. The standard InChI is InChI=1S/C9H18N2O3/c1-4-10-6(2)5-8(12)11-7(3)9(13)14/h6-7,10H,4-5H2,1-3H3,(H,11,12)(H,13,14)/t6?,7-/m1/s1. The lowest BCUT2D eigenvalue weighted by molar-refractivity contribution is -0.141. The summed E-state index contributed by atoms with van der Waals surface area (Å²) < 4.78 is 0. The van der Waals surface area contributed by atoms with Gasteiger partial charge in [-0.25, -0.2) is 0 Å². The van der Waals surface area contributed by atoms with Crippen LogP contribution in [0, 0.1) is 0 Å². The number of carboxylic acid groups (broad SMARTS) is 1. The van der Waals surface area contributed by atoms with E-state index in [9.17, 15) is 9.59 Å². The molecular weight excluding hydrogens is 184 g/mol. The van der Waals surface area contributed by atoms with Crippen LogP contribution in [0.4, 0.5) is 0 Å². The Morgan fingerprint density at radius 2 is 1.93 bits per heavy atom. The fourth-order valence-corrected chi connectivity index (χ4v) is 1.06. The Morgan fingerprint density at radius 3 is 2.36 bits per heavy atom. The van der Waals surface area contributed by atoms with Crippen molar-refractivity contribution in [2.45, 2.75) is 39.3 Å². The SMILES string of the molecule is CCNC(C)CC(=O)N[C@H](C)C(=O)O. The van der Waals surface area contributed by atoms with Gasteiger partial charge in [0.05, 0.1) is 0 Å². The van der Waals surface area contributed by atoms with Crippen molar-refractivity contribution >= 4 is 11.9 Å². The molecule has 14 heavy (non-hydrogen) atoms. The third-order valence-corrected chi connectivity index (χ3v) is 1.79. The van der Waals surface area contributed by atoms with Gasteiger partial charge in [-0.2, -0.15) is 0 Å². The maximum Gasteiger partial charge on any atom is 0.325 e. The molecule has 82 valence electrons. The highest BCUT2D eigenvalue weighted by Gasteiger charge is 2.15. The van der Waals surface area contributed by atoms with Crippen LogP contribution in [-0.4, -0.2) is 35.6 Å². The molecule has 5 nitrogen and oxygen atoms in total. The number of carboxylic acids is 1. The molecular formula is C9H18N2O3. The van der Waals surface area contributed by atoms with Gasteiger partial charge in [-0.1, -0.05) is 6.92 Å². The summed E-state index contributed by atoms with van der Waals surface area (Å²) in [5.74, 6) is -1.26. The van der Waals surface area contributed by atoms with Crippen molar-refractivity contribution in [1.29, 1.82) is 0 Å². The van der Waals surface area contributed by atoms with Crippen molar-refractivity contribution in [1.82, 2.24) is 10.6 Å². The number of nitrogens with one attached hydrogen (secondary N) is 2. The molecule has 0 aliphatic rings. The molecule has 0 aromatic carbocycles. The molecule has 1 unspecified atom stereocenters. The Balaban J connectivity index is 3.80. The molecule has 0 saturated carbocycles. The van der Waals surface area contributed by atoms with Crippen LogP contribution in [0.5, 0.6) is 0 Å². The van der Waals surface area contributed by atoms with E-state index in [0.717, 1.165) is 6.54 Å². The summed E-state index contributed by atoms with van der Waals surface area (Å²) >= 11 is 0. The quantitative estimate of drug-likeness (QED) is 0.565. The number of amides is 1. The predicted octanol–water partition coefficient (Wildman–Crippen LogP) is -0.0362. The summed E-state index contributed by atoms with van der Waals surface area (Å²) in [6, 6.07) is -0.752. The van der Waals surface area contributed by atoms with Gasteiger partial charge in [0, 0.05) is 12.5 Å². The van der Waals surface area contributed by atoms with Crippen molar-refractivity contribution in [3.05, 3.63) is 0 Å². The monoisotopic (exact) mass is 202 g/mol. The van der Waals surface area contributed by atoms with Crippen LogP contribution in [-0.2, 0) is 9.59 Å². The number of aliphatic carboxylic acids is 1. The second-order valence-corrected chi connectivity index (χ2v) is 3.29. The van der Waals surface area contributed by atoms with Gasteiger partial charge < -0.3 is 15.7 Å². The summed E-state index contributed by atoms with van der Waals surface area (Å²) in [6.07, 6.45) is 0.297. The molecule has 0 bridgehead atoms. The molecule has 0 aliphatic heterocycles. The van der Waals surface area contributed by atoms with Gasteiger partial charge in [-0.15, -0.1) is 0 Å². The third-order valence-electron chi connectivity index (χ3n) is 1.79. The minimum absolute atomic E-state index is 0.0704. The van der Waals surface area contributed by atoms with Crippen molar-refractivity contribution < 1.29 is 14.7 Å². The fraction of sp³-hybridized carbons (Fsp3) is 0.778. The second kappa shape index (κ2) is 6.37. The zero-order chi connectivity index (χ0) is 11.1. The first-order valence-electron chi connectivity index (χ1n) is 4.73. The van der Waals surface area contributed by atoms with E-state index >= 15 is 0 Å². The van der Waals surface area contributed by atoms with Gasteiger partial charge >= 0.3 is 5.97 Å². The summed E-state index contributed by atoms with van der Waals surface area (Å²) in [6.45, 7) is 6.07. The van der Waals surface area contributed by atoms with Gasteiger partial charge in [0.1, 0.15) is 6.04 Å². The molecule has 5 heteroatoms. The van der Waals surface area contributed by atoms with Gasteiger partial charge in [-0.3, -0.25) is 9.59 Å². The predicted molar refractivity (Wildman–Crippen MR) is 53.0 cm³/mol. The summed E-state index contributed by atoms with van der Waals surface area (Å²) in [5, 5.41) is 14.0. The Hall–Kier alpha value is -1.10. The van der Waals surface area contributed by atoms with E-state index in [-0.39, 0.29) is 11.9 Å². The van der Waals surface area contributed by atoms with E-state index in [2.05, 4.69) is 10.6 Å². The van der Waals surface area contributed by atoms with Crippen molar-refractivity contribution in [2.24, 2.45) is 0 Å². The number of hydrogen-bond donors (Lipinski definition) is 3. The van der Waals surface area contributed by atoms with Crippen LogP contribution in [0.2, 0.25) is 0 Å². The lowest BCUT2D eigenvalue weighted by Gasteiger charge is -2.13. The molecule has 0 fully saturated rings. The zero-order valence-corrected chi connectivity index (χ0v) is 8.83. The molecule has 0 heterocycles. The van der Waals surface area contributed by atoms with E-state index in [0.29, 0.717) is 6.42 Å². The highest BCUT2D eigenvalue weighted by atomic mass is 16.4. The lowest BCUT2D eigenvalue weighted by Crippen LogP contribution is -2.41. The molecule has 0 aliphatic carbocycles. The maximum atomic E-state index is 11.2. The Morgan fingerprint density at radius 1 is 1.36 bits per heavy atom. The first-order chi connectivity index (χ1) is 6.47. The van der Waals surface area contributed by atoms with Gasteiger partial charge in [0.25, 0.3) is 0 Å². The molecule has 0 spiro atoms.